The van der Waals surface area contributed by atoms with E-state index in [1.54, 1.807) is 12.4 Å². The second-order valence-corrected chi connectivity index (χ2v) is 4.62. The molecule has 1 aliphatic carbocycles. The minimum atomic E-state index is 0.0638. The third kappa shape index (κ3) is 3.03. The van der Waals surface area contributed by atoms with Crippen LogP contribution in [0.5, 0.6) is 0 Å². The van der Waals surface area contributed by atoms with Crippen LogP contribution in [0.1, 0.15) is 25.7 Å². The molecule has 1 aromatic rings. The Labute approximate surface area is 102 Å². The summed E-state index contributed by atoms with van der Waals surface area (Å²) in [7, 11) is 0. The summed E-state index contributed by atoms with van der Waals surface area (Å²) in [6.07, 6.45) is 7.70. The van der Waals surface area contributed by atoms with Gasteiger partial charge in [-0.25, -0.2) is 0 Å². The number of aromatic nitrogens is 1. The molecule has 1 amide bonds. The minimum Gasteiger partial charge on any atom is -0.330 e. The molecule has 2 atom stereocenters. The molecule has 0 aromatic carbocycles. The fourth-order valence-electron chi connectivity index (χ4n) is 2.51. The lowest BCUT2D eigenvalue weighted by molar-refractivity contribution is -0.122. The van der Waals surface area contributed by atoms with Crippen LogP contribution < -0.4 is 11.1 Å². The van der Waals surface area contributed by atoms with E-state index in [9.17, 15) is 4.79 Å². The highest BCUT2D eigenvalue weighted by Crippen LogP contribution is 2.30. The van der Waals surface area contributed by atoms with Crippen LogP contribution in [0.3, 0.4) is 0 Å². The van der Waals surface area contributed by atoms with Crippen molar-refractivity contribution in [1.82, 2.24) is 4.98 Å². The largest absolute Gasteiger partial charge is 0.330 e. The Morgan fingerprint density at radius 3 is 3.00 bits per heavy atom. The van der Waals surface area contributed by atoms with Gasteiger partial charge >= 0.3 is 0 Å². The quantitative estimate of drug-likeness (QED) is 0.836. The number of nitrogens with zero attached hydrogens (tertiary/aromatic N) is 1. The van der Waals surface area contributed by atoms with Gasteiger partial charge in [0.1, 0.15) is 0 Å². The first-order valence-corrected chi connectivity index (χ1v) is 6.22. The van der Waals surface area contributed by atoms with Crippen LogP contribution in [-0.2, 0) is 4.79 Å². The number of hydrogen-bond donors (Lipinski definition) is 2. The highest BCUT2D eigenvalue weighted by molar-refractivity contribution is 5.92. The predicted octanol–water partition coefficient (Wildman–Crippen LogP) is 1.79. The molecular weight excluding hydrogens is 214 g/mol. The van der Waals surface area contributed by atoms with Crippen molar-refractivity contribution in [3.63, 3.8) is 0 Å². The molecule has 4 heteroatoms. The lowest BCUT2D eigenvalue weighted by Crippen LogP contribution is -2.35. The zero-order chi connectivity index (χ0) is 12.1. The molecule has 1 heterocycles. The van der Waals surface area contributed by atoms with Gasteiger partial charge in [0.2, 0.25) is 5.91 Å². The molecule has 1 fully saturated rings. The van der Waals surface area contributed by atoms with E-state index in [1.807, 2.05) is 12.1 Å². The molecule has 4 nitrogen and oxygen atoms in total. The molecule has 0 bridgehead atoms. The highest BCUT2D eigenvalue weighted by atomic mass is 16.1. The van der Waals surface area contributed by atoms with Gasteiger partial charge in [0, 0.05) is 12.1 Å². The molecular formula is C13H19N3O. The average Bonchev–Trinajstić information content (AvgIpc) is 2.40. The van der Waals surface area contributed by atoms with Gasteiger partial charge in [0.05, 0.1) is 11.9 Å². The molecule has 0 aliphatic heterocycles. The summed E-state index contributed by atoms with van der Waals surface area (Å²) in [4.78, 5) is 16.1. The van der Waals surface area contributed by atoms with Crippen LogP contribution >= 0.6 is 0 Å². The Balaban J connectivity index is 1.99. The Hall–Kier alpha value is -1.42. The third-order valence-electron chi connectivity index (χ3n) is 3.48. The van der Waals surface area contributed by atoms with Crippen LogP contribution in [0, 0.1) is 11.8 Å². The van der Waals surface area contributed by atoms with Gasteiger partial charge in [0.25, 0.3) is 0 Å². The Bertz CT molecular complexity index is 366. The summed E-state index contributed by atoms with van der Waals surface area (Å²) < 4.78 is 0. The summed E-state index contributed by atoms with van der Waals surface area (Å²) in [5.74, 6) is 0.488. The van der Waals surface area contributed by atoms with Crippen LogP contribution in [0.15, 0.2) is 24.5 Å². The monoisotopic (exact) mass is 233 g/mol. The van der Waals surface area contributed by atoms with Crippen LogP contribution in [-0.4, -0.2) is 17.4 Å². The van der Waals surface area contributed by atoms with Gasteiger partial charge in [0.15, 0.2) is 0 Å². The van der Waals surface area contributed by atoms with Crippen molar-refractivity contribution in [3.05, 3.63) is 24.5 Å². The molecule has 0 saturated heterocycles. The molecule has 92 valence electrons. The number of anilines is 1. The van der Waals surface area contributed by atoms with Crippen LogP contribution in [0.2, 0.25) is 0 Å². The van der Waals surface area contributed by atoms with Crippen molar-refractivity contribution in [3.8, 4) is 0 Å². The van der Waals surface area contributed by atoms with E-state index >= 15 is 0 Å². The van der Waals surface area contributed by atoms with Crippen molar-refractivity contribution >= 4 is 11.6 Å². The summed E-state index contributed by atoms with van der Waals surface area (Å²) >= 11 is 0. The molecule has 2 unspecified atom stereocenters. The van der Waals surface area contributed by atoms with Crippen molar-refractivity contribution < 1.29 is 4.79 Å². The maximum absolute atomic E-state index is 12.1. The van der Waals surface area contributed by atoms with Crippen LogP contribution in [0.25, 0.3) is 0 Å². The van der Waals surface area contributed by atoms with Gasteiger partial charge in [-0.2, -0.15) is 0 Å². The standard InChI is InChI=1S/C13H19N3O/c14-8-10-4-1-2-6-12(10)13(17)16-11-5-3-7-15-9-11/h3,5,7,9-10,12H,1-2,4,6,8,14H2,(H,16,17). The highest BCUT2D eigenvalue weighted by Gasteiger charge is 2.29. The third-order valence-corrected chi connectivity index (χ3v) is 3.48. The number of amides is 1. The van der Waals surface area contributed by atoms with E-state index < -0.39 is 0 Å². The van der Waals surface area contributed by atoms with Gasteiger partial charge < -0.3 is 11.1 Å². The molecule has 0 spiro atoms. The fraction of sp³-hybridized carbons (Fsp3) is 0.538. The molecule has 2 rings (SSSR count). The molecule has 17 heavy (non-hydrogen) atoms. The lowest BCUT2D eigenvalue weighted by Gasteiger charge is -2.29. The van der Waals surface area contributed by atoms with Crippen molar-refractivity contribution in [2.24, 2.45) is 17.6 Å². The van der Waals surface area contributed by atoms with E-state index in [0.717, 1.165) is 24.9 Å². The van der Waals surface area contributed by atoms with Gasteiger partial charge in [-0.15, -0.1) is 0 Å². The normalized spacial score (nSPS) is 24.3. The van der Waals surface area contributed by atoms with E-state index in [4.69, 9.17) is 5.73 Å². The summed E-state index contributed by atoms with van der Waals surface area (Å²) in [6, 6.07) is 3.67. The number of nitrogens with two attached hydrogens (primary N) is 1. The van der Waals surface area contributed by atoms with E-state index in [2.05, 4.69) is 10.3 Å². The number of rotatable bonds is 3. The molecule has 1 aliphatic rings. The van der Waals surface area contributed by atoms with Crippen molar-refractivity contribution in [1.29, 1.82) is 0 Å². The number of carbonyl (C=O) groups is 1. The van der Waals surface area contributed by atoms with E-state index in [0.29, 0.717) is 12.5 Å². The van der Waals surface area contributed by atoms with Gasteiger partial charge in [-0.1, -0.05) is 12.8 Å². The Morgan fingerprint density at radius 2 is 2.29 bits per heavy atom. The van der Waals surface area contributed by atoms with Crippen molar-refractivity contribution in [2.45, 2.75) is 25.7 Å². The van der Waals surface area contributed by atoms with Crippen molar-refractivity contribution in [2.75, 3.05) is 11.9 Å². The van der Waals surface area contributed by atoms with Gasteiger partial charge in [-0.05, 0) is 37.4 Å². The summed E-state index contributed by atoms with van der Waals surface area (Å²) in [6.45, 7) is 0.602. The summed E-state index contributed by atoms with van der Waals surface area (Å²) in [5, 5.41) is 2.92. The average molecular weight is 233 g/mol. The number of hydrogen-bond acceptors (Lipinski definition) is 3. The fourth-order valence-corrected chi connectivity index (χ4v) is 2.51. The molecule has 1 aromatic heterocycles. The summed E-state index contributed by atoms with van der Waals surface area (Å²) in [5.41, 5.74) is 6.50. The Morgan fingerprint density at radius 1 is 1.47 bits per heavy atom. The van der Waals surface area contributed by atoms with E-state index in [-0.39, 0.29) is 11.8 Å². The first kappa shape index (κ1) is 12.0. The van der Waals surface area contributed by atoms with Crippen LogP contribution in [0.4, 0.5) is 5.69 Å². The maximum Gasteiger partial charge on any atom is 0.227 e. The predicted molar refractivity (Wildman–Crippen MR) is 67.4 cm³/mol. The van der Waals surface area contributed by atoms with Gasteiger partial charge in [-0.3, -0.25) is 9.78 Å². The molecule has 3 N–H and O–H groups in total. The SMILES string of the molecule is NCC1CCCCC1C(=O)Nc1cccnc1. The zero-order valence-electron chi connectivity index (χ0n) is 9.93. The first-order valence-electron chi connectivity index (χ1n) is 6.22. The smallest absolute Gasteiger partial charge is 0.227 e. The maximum atomic E-state index is 12.1. The number of nitrogens with one attached hydrogen (secondary N) is 1. The lowest BCUT2D eigenvalue weighted by atomic mass is 9.79. The molecule has 1 saturated carbocycles. The minimum absolute atomic E-state index is 0.0638. The number of carbonyl (C=O) groups excluding carboxylic acids is 1. The second-order valence-electron chi connectivity index (χ2n) is 4.62. The number of pyridine rings is 1. The van der Waals surface area contributed by atoms with E-state index in [1.165, 1.54) is 6.42 Å². The molecule has 0 radical (unpaired) electrons. The first-order chi connectivity index (χ1) is 8.31. The zero-order valence-corrected chi connectivity index (χ0v) is 9.93. The topological polar surface area (TPSA) is 68.0 Å². The Kier molecular flexibility index (Phi) is 4.09. The second kappa shape index (κ2) is 5.77.